The Bertz CT molecular complexity index is 1020. The molecule has 10 heteroatoms. The molecule has 0 bridgehead atoms. The van der Waals surface area contributed by atoms with Gasteiger partial charge in [-0.05, 0) is 12.1 Å². The Kier molecular flexibility index (Phi) is 3.61. The number of H-pyrrole nitrogens is 1. The molecule has 3 aromatic rings. The molecule has 0 fully saturated rings. The number of hydrogen-bond donors (Lipinski definition) is 2. The van der Waals surface area contributed by atoms with Gasteiger partial charge in [0.15, 0.2) is 9.84 Å². The van der Waals surface area contributed by atoms with Crippen LogP contribution in [0.5, 0.6) is 0 Å². The number of imidazole rings is 1. The molecular weight excluding hydrogens is 344 g/mol. The number of carboxylic acid groups (broad SMARTS) is 1. The zero-order valence-corrected chi connectivity index (χ0v) is 13.4. The average molecular weight is 355 g/mol. The van der Waals surface area contributed by atoms with Gasteiger partial charge in [-0.25, -0.2) is 22.9 Å². The van der Waals surface area contributed by atoms with E-state index in [-0.39, 0.29) is 27.2 Å². The van der Waals surface area contributed by atoms with Crippen LogP contribution in [-0.4, -0.2) is 45.0 Å². The second-order valence-corrected chi connectivity index (χ2v) is 7.40. The van der Waals surface area contributed by atoms with Crippen LogP contribution in [0.4, 0.5) is 0 Å². The highest BCUT2D eigenvalue weighted by molar-refractivity contribution is 7.91. The zero-order chi connectivity index (χ0) is 16.8. The van der Waals surface area contributed by atoms with Crippen molar-refractivity contribution in [2.24, 2.45) is 0 Å². The van der Waals surface area contributed by atoms with Gasteiger partial charge in [-0.3, -0.25) is 0 Å². The zero-order valence-electron chi connectivity index (χ0n) is 11.8. The standard InChI is InChI=1S/C13H11ClN4O4S/c1-2-23(21,22)11-4-10-9(3-8(11)14)16-13(17-10)18-6-7(5-15-18)12(19)20/h3-6H,2H2,1H3,(H,16,17)(H,19,20). The van der Waals surface area contributed by atoms with E-state index in [4.69, 9.17) is 16.7 Å². The lowest BCUT2D eigenvalue weighted by atomic mass is 10.3. The lowest BCUT2D eigenvalue weighted by molar-refractivity contribution is 0.0697. The molecule has 2 heterocycles. The van der Waals surface area contributed by atoms with Crippen LogP contribution in [0.1, 0.15) is 17.3 Å². The predicted molar refractivity (Wildman–Crippen MR) is 82.9 cm³/mol. The maximum absolute atomic E-state index is 12.0. The summed E-state index contributed by atoms with van der Waals surface area (Å²) in [6, 6.07) is 2.86. The molecule has 0 spiro atoms. The predicted octanol–water partition coefficient (Wildman–Crippen LogP) is 1.89. The highest BCUT2D eigenvalue weighted by Crippen LogP contribution is 2.27. The van der Waals surface area contributed by atoms with E-state index in [0.29, 0.717) is 11.0 Å². The normalized spacial score (nSPS) is 11.9. The third-order valence-electron chi connectivity index (χ3n) is 3.28. The fraction of sp³-hybridized carbons (Fsp3) is 0.154. The van der Waals surface area contributed by atoms with Gasteiger partial charge in [0.1, 0.15) is 0 Å². The minimum atomic E-state index is -3.46. The van der Waals surface area contributed by atoms with Gasteiger partial charge in [0.2, 0.25) is 5.95 Å². The number of rotatable bonds is 4. The van der Waals surface area contributed by atoms with Crippen molar-refractivity contribution >= 4 is 38.4 Å². The molecule has 1 aromatic carbocycles. The number of carbonyl (C=O) groups is 1. The first kappa shape index (κ1) is 15.5. The van der Waals surface area contributed by atoms with E-state index >= 15 is 0 Å². The number of hydrogen-bond acceptors (Lipinski definition) is 5. The van der Waals surface area contributed by atoms with Crippen LogP contribution < -0.4 is 0 Å². The molecule has 3 rings (SSSR count). The number of aromatic carboxylic acids is 1. The van der Waals surface area contributed by atoms with Crippen LogP contribution in [0.3, 0.4) is 0 Å². The van der Waals surface area contributed by atoms with Gasteiger partial charge in [0.05, 0.1) is 38.5 Å². The summed E-state index contributed by atoms with van der Waals surface area (Å²) in [6.45, 7) is 1.53. The molecule has 0 saturated heterocycles. The number of aromatic amines is 1. The number of fused-ring (bicyclic) bond motifs is 1. The number of benzene rings is 1. The van der Waals surface area contributed by atoms with Crippen LogP contribution in [0.15, 0.2) is 29.4 Å². The van der Waals surface area contributed by atoms with Gasteiger partial charge >= 0.3 is 5.97 Å². The lowest BCUT2D eigenvalue weighted by Gasteiger charge is -2.03. The summed E-state index contributed by atoms with van der Waals surface area (Å²) in [4.78, 5) is 18.0. The van der Waals surface area contributed by atoms with E-state index in [1.165, 1.54) is 36.1 Å². The number of nitrogens with one attached hydrogen (secondary N) is 1. The number of sulfone groups is 1. The van der Waals surface area contributed by atoms with E-state index < -0.39 is 15.8 Å². The number of carboxylic acids is 1. The molecule has 0 radical (unpaired) electrons. The molecule has 2 aromatic heterocycles. The van der Waals surface area contributed by atoms with Gasteiger partial charge in [-0.2, -0.15) is 5.10 Å². The van der Waals surface area contributed by atoms with Gasteiger partial charge in [0, 0.05) is 6.20 Å². The third kappa shape index (κ3) is 2.68. The molecule has 0 atom stereocenters. The Hall–Kier alpha value is -2.39. The van der Waals surface area contributed by atoms with E-state index in [1.807, 2.05) is 0 Å². The average Bonchev–Trinajstić information content (AvgIpc) is 3.12. The van der Waals surface area contributed by atoms with E-state index in [2.05, 4.69) is 15.1 Å². The minimum absolute atomic E-state index is 0.0118. The topological polar surface area (TPSA) is 118 Å². The second kappa shape index (κ2) is 5.36. The quantitative estimate of drug-likeness (QED) is 0.738. The van der Waals surface area contributed by atoms with Crippen molar-refractivity contribution < 1.29 is 18.3 Å². The molecular formula is C13H11ClN4O4S. The highest BCUT2D eigenvalue weighted by atomic mass is 35.5. The molecule has 0 aliphatic rings. The molecule has 120 valence electrons. The summed E-state index contributed by atoms with van der Waals surface area (Å²) >= 11 is 6.03. The van der Waals surface area contributed by atoms with Crippen LogP contribution in [-0.2, 0) is 9.84 Å². The van der Waals surface area contributed by atoms with Crippen molar-refractivity contribution in [2.45, 2.75) is 11.8 Å². The minimum Gasteiger partial charge on any atom is -0.478 e. The van der Waals surface area contributed by atoms with Crippen molar-refractivity contribution in [3.05, 3.63) is 35.1 Å². The van der Waals surface area contributed by atoms with E-state index in [9.17, 15) is 13.2 Å². The summed E-state index contributed by atoms with van der Waals surface area (Å²) in [5.41, 5.74) is 0.925. The molecule has 0 aliphatic carbocycles. The second-order valence-electron chi connectivity index (χ2n) is 4.74. The summed E-state index contributed by atoms with van der Waals surface area (Å²) in [5, 5.41) is 12.9. The Balaban J connectivity index is 2.13. The lowest BCUT2D eigenvalue weighted by Crippen LogP contribution is -2.04. The van der Waals surface area contributed by atoms with Crippen molar-refractivity contribution in [2.75, 3.05) is 5.75 Å². The SMILES string of the molecule is CCS(=O)(=O)c1cc2[nH]c(-n3cc(C(=O)O)cn3)nc2cc1Cl. The Morgan fingerprint density at radius 1 is 1.43 bits per heavy atom. The summed E-state index contributed by atoms with van der Waals surface area (Å²) < 4.78 is 25.3. The van der Waals surface area contributed by atoms with Crippen LogP contribution in [0.2, 0.25) is 5.02 Å². The fourth-order valence-corrected chi connectivity index (χ4v) is 3.52. The summed E-state index contributed by atoms with van der Waals surface area (Å²) in [5.74, 6) is -0.915. The maximum Gasteiger partial charge on any atom is 0.338 e. The molecule has 23 heavy (non-hydrogen) atoms. The summed E-state index contributed by atoms with van der Waals surface area (Å²) in [6.07, 6.45) is 2.49. The third-order valence-corrected chi connectivity index (χ3v) is 5.48. The van der Waals surface area contributed by atoms with Gasteiger partial charge in [-0.15, -0.1) is 0 Å². The first-order chi connectivity index (χ1) is 10.8. The Labute approximate surface area is 135 Å². The van der Waals surface area contributed by atoms with Crippen LogP contribution >= 0.6 is 11.6 Å². The van der Waals surface area contributed by atoms with Gasteiger partial charge in [-0.1, -0.05) is 18.5 Å². The van der Waals surface area contributed by atoms with Crippen molar-refractivity contribution in [1.29, 1.82) is 0 Å². The van der Waals surface area contributed by atoms with Crippen molar-refractivity contribution in [1.82, 2.24) is 19.7 Å². The van der Waals surface area contributed by atoms with E-state index in [0.717, 1.165) is 0 Å². The first-order valence-corrected chi connectivity index (χ1v) is 8.55. The molecule has 0 saturated carbocycles. The van der Waals surface area contributed by atoms with Gasteiger partial charge < -0.3 is 10.1 Å². The van der Waals surface area contributed by atoms with Gasteiger partial charge in [0.25, 0.3) is 0 Å². The summed E-state index contributed by atoms with van der Waals surface area (Å²) in [7, 11) is -3.46. The molecule has 0 unspecified atom stereocenters. The monoisotopic (exact) mass is 354 g/mol. The Morgan fingerprint density at radius 2 is 2.17 bits per heavy atom. The first-order valence-electron chi connectivity index (χ1n) is 6.52. The fourth-order valence-electron chi connectivity index (χ4n) is 2.05. The largest absolute Gasteiger partial charge is 0.478 e. The smallest absolute Gasteiger partial charge is 0.338 e. The number of aromatic nitrogens is 4. The molecule has 8 nitrogen and oxygen atoms in total. The maximum atomic E-state index is 12.0. The van der Waals surface area contributed by atoms with Crippen LogP contribution in [0, 0.1) is 0 Å². The molecule has 0 amide bonds. The van der Waals surface area contributed by atoms with Crippen molar-refractivity contribution in [3.63, 3.8) is 0 Å². The number of nitrogens with zero attached hydrogens (tertiary/aromatic N) is 3. The van der Waals surface area contributed by atoms with Crippen LogP contribution in [0.25, 0.3) is 17.0 Å². The van der Waals surface area contributed by atoms with E-state index in [1.54, 1.807) is 0 Å². The highest BCUT2D eigenvalue weighted by Gasteiger charge is 2.19. The molecule has 0 aliphatic heterocycles. The molecule has 2 N–H and O–H groups in total. The van der Waals surface area contributed by atoms with Crippen molar-refractivity contribution in [3.8, 4) is 5.95 Å². The Morgan fingerprint density at radius 3 is 2.78 bits per heavy atom. The number of halogens is 1.